The Morgan fingerprint density at radius 1 is 1.12 bits per heavy atom. The van der Waals surface area contributed by atoms with Gasteiger partial charge in [0.2, 0.25) is 5.88 Å². The molecule has 0 saturated heterocycles. The van der Waals surface area contributed by atoms with E-state index in [9.17, 15) is 17.6 Å². The SMILES string of the molecule is C[CH-]C.[CH-]=C(N=[C-]c1c(F)cc(COc2nc(-c3c(OC)ncnc3C3CC3)ncc2OC)cc1CC)C(F)(F)F.[Li+]. The maximum atomic E-state index is 14.8. The second-order valence-electron chi connectivity index (χ2n) is 8.92. The van der Waals surface area contributed by atoms with E-state index in [1.54, 1.807) is 13.0 Å². The molecule has 13 heteroatoms. The molecular formula is C29H30F4LiN5O3-2. The summed E-state index contributed by atoms with van der Waals surface area (Å²) in [5, 5.41) is 0. The second kappa shape index (κ2) is 15.7. The first-order chi connectivity index (χ1) is 19.6. The number of aryl methyl sites for hydroxylation is 1. The summed E-state index contributed by atoms with van der Waals surface area (Å²) in [6.07, 6.45) is 4.37. The summed E-state index contributed by atoms with van der Waals surface area (Å²) in [5.41, 5.74) is 0.271. The molecular weight excluding hydrogens is 549 g/mol. The molecule has 4 rings (SSSR count). The number of halogens is 4. The maximum Gasteiger partial charge on any atom is 1.00 e. The van der Waals surface area contributed by atoms with Crippen molar-refractivity contribution in [1.29, 1.82) is 0 Å². The van der Waals surface area contributed by atoms with Crippen LogP contribution in [0.5, 0.6) is 17.5 Å². The molecule has 2 aromatic heterocycles. The van der Waals surface area contributed by atoms with Crippen molar-refractivity contribution in [2.45, 2.75) is 58.7 Å². The fraction of sp³-hybridized carbons (Fsp3) is 0.379. The van der Waals surface area contributed by atoms with Gasteiger partial charge >= 0.3 is 25.0 Å². The molecule has 1 aliphatic rings. The zero-order valence-electron chi connectivity index (χ0n) is 24.3. The molecule has 8 nitrogen and oxygen atoms in total. The predicted molar refractivity (Wildman–Crippen MR) is 144 cm³/mol. The Labute approximate surface area is 254 Å². The van der Waals surface area contributed by atoms with Gasteiger partial charge in [-0.05, 0) is 24.6 Å². The van der Waals surface area contributed by atoms with E-state index in [0.717, 1.165) is 24.6 Å². The third-order valence-corrected chi connectivity index (χ3v) is 5.73. The summed E-state index contributed by atoms with van der Waals surface area (Å²) in [4.78, 5) is 20.5. The third-order valence-electron chi connectivity index (χ3n) is 5.73. The van der Waals surface area contributed by atoms with E-state index < -0.39 is 17.7 Å². The number of benzene rings is 1. The van der Waals surface area contributed by atoms with E-state index in [1.807, 2.05) is 20.3 Å². The number of aromatic nitrogens is 4. The van der Waals surface area contributed by atoms with E-state index in [2.05, 4.69) is 31.1 Å². The normalized spacial score (nSPS) is 12.7. The van der Waals surface area contributed by atoms with Crippen LogP contribution in [0.4, 0.5) is 17.6 Å². The van der Waals surface area contributed by atoms with Gasteiger partial charge in [0.05, 0.1) is 26.1 Å². The van der Waals surface area contributed by atoms with Crippen molar-refractivity contribution < 1.29 is 50.6 Å². The molecule has 2 heterocycles. The largest absolute Gasteiger partial charge is 1.00 e. The average Bonchev–Trinajstić information content (AvgIpc) is 3.80. The summed E-state index contributed by atoms with van der Waals surface area (Å²) in [6.45, 7) is 10.5. The van der Waals surface area contributed by atoms with E-state index in [4.69, 9.17) is 20.8 Å². The molecule has 0 atom stereocenters. The van der Waals surface area contributed by atoms with Crippen LogP contribution in [-0.4, -0.2) is 46.5 Å². The molecule has 0 aliphatic heterocycles. The Hall–Kier alpha value is -3.49. The van der Waals surface area contributed by atoms with Crippen LogP contribution >= 0.6 is 0 Å². The van der Waals surface area contributed by atoms with Crippen molar-refractivity contribution >= 4 is 6.21 Å². The van der Waals surface area contributed by atoms with Gasteiger partial charge in [0, 0.05) is 11.7 Å². The van der Waals surface area contributed by atoms with Gasteiger partial charge in [-0.3, -0.25) is 4.39 Å². The van der Waals surface area contributed by atoms with Gasteiger partial charge in [-0.25, -0.2) is 15.0 Å². The smallest absolute Gasteiger partial charge is 0.536 e. The molecule has 0 bridgehead atoms. The summed E-state index contributed by atoms with van der Waals surface area (Å²) in [6, 6.07) is 2.70. The van der Waals surface area contributed by atoms with E-state index in [-0.39, 0.29) is 54.4 Å². The average molecular weight is 580 g/mol. The molecule has 220 valence electrons. The number of aliphatic imine (C=N–C) groups is 1. The zero-order valence-corrected chi connectivity index (χ0v) is 24.3. The Bertz CT molecular complexity index is 1400. The number of hydrogen-bond acceptors (Lipinski definition) is 8. The number of ether oxygens (including phenoxy) is 3. The zero-order chi connectivity index (χ0) is 30.2. The number of allylic oxidation sites excluding steroid dienone is 1. The van der Waals surface area contributed by atoms with Gasteiger partial charge in [-0.1, -0.05) is 31.0 Å². The number of nitrogens with zero attached hydrogens (tertiary/aromatic N) is 5. The van der Waals surface area contributed by atoms with Crippen molar-refractivity contribution in [1.82, 2.24) is 19.9 Å². The molecule has 1 fully saturated rings. The van der Waals surface area contributed by atoms with Crippen LogP contribution in [-0.2, 0) is 13.0 Å². The molecule has 1 aromatic carbocycles. The Morgan fingerprint density at radius 3 is 2.38 bits per heavy atom. The van der Waals surface area contributed by atoms with E-state index in [1.165, 1.54) is 26.7 Å². The third kappa shape index (κ3) is 8.75. The first-order valence-electron chi connectivity index (χ1n) is 12.7. The fourth-order valence-corrected chi connectivity index (χ4v) is 3.68. The molecule has 42 heavy (non-hydrogen) atoms. The fourth-order valence-electron chi connectivity index (χ4n) is 3.68. The molecule has 0 radical (unpaired) electrons. The Morgan fingerprint density at radius 2 is 1.81 bits per heavy atom. The monoisotopic (exact) mass is 579 g/mol. The molecule has 0 spiro atoms. The molecule has 0 N–H and O–H groups in total. The van der Waals surface area contributed by atoms with Crippen molar-refractivity contribution in [3.05, 3.63) is 71.6 Å². The first kappa shape index (κ1) is 34.7. The Kier molecular flexibility index (Phi) is 12.9. The van der Waals surface area contributed by atoms with Gasteiger partial charge in [-0.2, -0.15) is 32.0 Å². The number of rotatable bonds is 10. The van der Waals surface area contributed by atoms with Crippen molar-refractivity contribution in [3.63, 3.8) is 0 Å². The predicted octanol–water partition coefficient (Wildman–Crippen LogP) is 3.52. The van der Waals surface area contributed by atoms with Crippen LogP contribution < -0.4 is 33.1 Å². The van der Waals surface area contributed by atoms with Crippen LogP contribution in [0.2, 0.25) is 0 Å². The minimum atomic E-state index is -4.84. The summed E-state index contributed by atoms with van der Waals surface area (Å²) < 4.78 is 69.3. The summed E-state index contributed by atoms with van der Waals surface area (Å²) in [7, 11) is 2.92. The standard InChI is InChI=1S/C26H23F4N5O3.C3H7.Li/c1-5-16-8-15(9-19(27)18(16)10-31-14(2)26(28,29)30)12-38-24-20(36-3)11-32-23(35-24)21-22(17-6-7-17)33-13-34-25(21)37-4;1-3-2;/h2,8-9,11,13,17H,5-7,12H2,1,3-4H3;3H,1-2H3;/q-2;-1;+1. The number of methoxy groups -OCH3 is 2. The van der Waals surface area contributed by atoms with Gasteiger partial charge in [-0.15, -0.1) is 11.3 Å². The number of hydrogen-bond donors (Lipinski definition) is 0. The van der Waals surface area contributed by atoms with Crippen LogP contribution in [0.25, 0.3) is 11.4 Å². The molecule has 0 amide bonds. The topological polar surface area (TPSA) is 91.6 Å². The van der Waals surface area contributed by atoms with Crippen molar-refractivity contribution in [3.8, 4) is 28.9 Å². The molecule has 0 unspecified atom stereocenters. The molecule has 3 aromatic rings. The van der Waals surface area contributed by atoms with Crippen LogP contribution in [0.1, 0.15) is 61.9 Å². The van der Waals surface area contributed by atoms with Crippen molar-refractivity contribution in [2.75, 3.05) is 14.2 Å². The van der Waals surface area contributed by atoms with E-state index >= 15 is 0 Å². The van der Waals surface area contributed by atoms with E-state index in [0.29, 0.717) is 29.0 Å². The minimum Gasteiger partial charge on any atom is -0.536 e. The van der Waals surface area contributed by atoms with Gasteiger partial charge < -0.3 is 32.2 Å². The van der Waals surface area contributed by atoms with Crippen LogP contribution in [0.15, 0.2) is 35.3 Å². The summed E-state index contributed by atoms with van der Waals surface area (Å²) >= 11 is 0. The van der Waals surface area contributed by atoms with Crippen molar-refractivity contribution in [2.24, 2.45) is 4.99 Å². The van der Waals surface area contributed by atoms with Gasteiger partial charge in [0.25, 0.3) is 5.88 Å². The number of alkyl halides is 3. The molecule has 1 saturated carbocycles. The summed E-state index contributed by atoms with van der Waals surface area (Å²) in [5.74, 6) is 0.370. The second-order valence-corrected chi connectivity index (χ2v) is 8.92. The quantitative estimate of drug-likeness (QED) is 0.157. The van der Waals surface area contributed by atoms with Crippen LogP contribution in [0, 0.1) is 18.8 Å². The van der Waals surface area contributed by atoms with Gasteiger partial charge in [0.1, 0.15) is 18.5 Å². The van der Waals surface area contributed by atoms with Gasteiger partial charge in [0.15, 0.2) is 11.6 Å². The Balaban J connectivity index is 0.00000148. The minimum absolute atomic E-state index is 0. The maximum absolute atomic E-state index is 14.8. The first-order valence-corrected chi connectivity index (χ1v) is 12.7. The molecule has 1 aliphatic carbocycles. The van der Waals surface area contributed by atoms with Crippen LogP contribution in [0.3, 0.4) is 0 Å².